The van der Waals surface area contributed by atoms with Gasteiger partial charge in [-0.15, -0.1) is 0 Å². The summed E-state index contributed by atoms with van der Waals surface area (Å²) in [4.78, 5) is 8.69. The second-order valence-electron chi connectivity index (χ2n) is 4.88. The smallest absolute Gasteiger partial charge is 0.231 e. The van der Waals surface area contributed by atoms with E-state index in [-0.39, 0.29) is 5.92 Å². The number of aliphatic imine (C=N–C) groups is 1. The lowest BCUT2D eigenvalue weighted by Crippen LogP contribution is -2.32. The third-order valence-electron chi connectivity index (χ3n) is 2.99. The van der Waals surface area contributed by atoms with Crippen molar-refractivity contribution in [1.29, 1.82) is 0 Å². The minimum absolute atomic E-state index is 0.0249. The second kappa shape index (κ2) is 7.42. The molecule has 6 heteroatoms. The lowest BCUT2D eigenvalue weighted by molar-refractivity contribution is 0.361. The van der Waals surface area contributed by atoms with Crippen molar-refractivity contribution >= 4 is 5.96 Å². The molecule has 0 saturated carbocycles. The predicted octanol–water partition coefficient (Wildman–Crippen LogP) is 2.15. The Balaban J connectivity index is 1.98. The van der Waals surface area contributed by atoms with Crippen molar-refractivity contribution in [3.05, 3.63) is 36.2 Å². The Bertz CT molecular complexity index is 579. The van der Waals surface area contributed by atoms with E-state index in [1.807, 2.05) is 37.3 Å². The van der Waals surface area contributed by atoms with Crippen molar-refractivity contribution in [2.75, 3.05) is 13.1 Å². The fourth-order valence-corrected chi connectivity index (χ4v) is 1.76. The quantitative estimate of drug-likeness (QED) is 0.627. The van der Waals surface area contributed by atoms with Crippen LogP contribution in [0.5, 0.6) is 0 Å². The summed E-state index contributed by atoms with van der Waals surface area (Å²) in [7, 11) is 0. The molecule has 1 heterocycles. The number of rotatable bonds is 6. The predicted molar refractivity (Wildman–Crippen MR) is 82.9 cm³/mol. The Kier molecular flexibility index (Phi) is 5.31. The van der Waals surface area contributed by atoms with Gasteiger partial charge in [0.15, 0.2) is 5.96 Å². The lowest BCUT2D eigenvalue weighted by Gasteiger charge is -2.05. The first-order chi connectivity index (χ1) is 10.2. The number of benzene rings is 1. The monoisotopic (exact) mass is 287 g/mol. The van der Waals surface area contributed by atoms with Crippen LogP contribution in [0.25, 0.3) is 11.4 Å². The van der Waals surface area contributed by atoms with Crippen LogP contribution >= 0.6 is 0 Å². The van der Waals surface area contributed by atoms with Gasteiger partial charge >= 0.3 is 0 Å². The number of hydrogen-bond donors (Lipinski definition) is 2. The highest BCUT2D eigenvalue weighted by Gasteiger charge is 2.14. The number of nitrogens with one attached hydrogen (secondary N) is 1. The van der Waals surface area contributed by atoms with E-state index >= 15 is 0 Å². The van der Waals surface area contributed by atoms with Gasteiger partial charge in [0.1, 0.15) is 0 Å². The highest BCUT2D eigenvalue weighted by atomic mass is 16.5. The molecule has 0 aliphatic heterocycles. The molecule has 1 aromatic heterocycles. The van der Waals surface area contributed by atoms with Crippen LogP contribution in [0.1, 0.15) is 32.1 Å². The maximum Gasteiger partial charge on any atom is 0.231 e. The minimum Gasteiger partial charge on any atom is -0.370 e. The summed E-state index contributed by atoms with van der Waals surface area (Å²) in [5.41, 5.74) is 6.69. The fraction of sp³-hybridized carbons (Fsp3) is 0.400. The highest BCUT2D eigenvalue weighted by molar-refractivity contribution is 5.77. The maximum atomic E-state index is 5.75. The molecule has 0 amide bonds. The summed E-state index contributed by atoms with van der Waals surface area (Å²) < 4.78 is 5.30. The maximum absolute atomic E-state index is 5.75. The van der Waals surface area contributed by atoms with Gasteiger partial charge in [0, 0.05) is 12.1 Å². The Morgan fingerprint density at radius 3 is 2.86 bits per heavy atom. The number of guanidine groups is 1. The molecular formula is C15H21N5O. The molecule has 0 aliphatic rings. The van der Waals surface area contributed by atoms with Crippen LogP contribution in [-0.4, -0.2) is 29.2 Å². The van der Waals surface area contributed by atoms with Gasteiger partial charge < -0.3 is 15.6 Å². The topological polar surface area (TPSA) is 89.3 Å². The highest BCUT2D eigenvalue weighted by Crippen LogP contribution is 2.19. The molecule has 1 unspecified atom stereocenters. The first-order valence-electron chi connectivity index (χ1n) is 7.13. The molecule has 1 atom stereocenters. The molecule has 0 fully saturated rings. The third kappa shape index (κ3) is 4.30. The van der Waals surface area contributed by atoms with Crippen LogP contribution in [0.3, 0.4) is 0 Å². The van der Waals surface area contributed by atoms with Gasteiger partial charge in [-0.25, -0.2) is 0 Å². The van der Waals surface area contributed by atoms with Crippen molar-refractivity contribution in [2.24, 2.45) is 10.7 Å². The summed E-state index contributed by atoms with van der Waals surface area (Å²) in [5, 5.41) is 7.03. The normalized spacial score (nSPS) is 13.1. The minimum atomic E-state index is 0.0249. The Morgan fingerprint density at radius 2 is 2.14 bits per heavy atom. The Labute approximate surface area is 124 Å². The molecule has 0 radical (unpaired) electrons. The van der Waals surface area contributed by atoms with Crippen LogP contribution in [0.2, 0.25) is 0 Å². The molecule has 0 aliphatic carbocycles. The van der Waals surface area contributed by atoms with E-state index in [2.05, 4.69) is 27.4 Å². The van der Waals surface area contributed by atoms with Gasteiger partial charge in [-0.05, 0) is 6.42 Å². The third-order valence-corrected chi connectivity index (χ3v) is 2.99. The Morgan fingerprint density at radius 1 is 1.38 bits per heavy atom. The molecule has 1 aromatic carbocycles. The van der Waals surface area contributed by atoms with Crippen LogP contribution in [0.15, 0.2) is 39.8 Å². The van der Waals surface area contributed by atoms with Crippen molar-refractivity contribution in [2.45, 2.75) is 26.2 Å². The van der Waals surface area contributed by atoms with Gasteiger partial charge in [0.25, 0.3) is 0 Å². The first-order valence-corrected chi connectivity index (χ1v) is 7.13. The van der Waals surface area contributed by atoms with E-state index in [4.69, 9.17) is 10.3 Å². The van der Waals surface area contributed by atoms with E-state index in [1.165, 1.54) is 0 Å². The van der Waals surface area contributed by atoms with E-state index in [0.29, 0.717) is 24.2 Å². The van der Waals surface area contributed by atoms with E-state index in [1.54, 1.807) is 0 Å². The first kappa shape index (κ1) is 15.0. The molecule has 21 heavy (non-hydrogen) atoms. The molecule has 3 N–H and O–H groups in total. The number of aromatic nitrogens is 2. The van der Waals surface area contributed by atoms with Crippen LogP contribution in [0, 0.1) is 0 Å². The molecule has 112 valence electrons. The van der Waals surface area contributed by atoms with Crippen molar-refractivity contribution in [1.82, 2.24) is 15.5 Å². The van der Waals surface area contributed by atoms with Crippen LogP contribution in [0.4, 0.5) is 0 Å². The second-order valence-corrected chi connectivity index (χ2v) is 4.88. The molecular weight excluding hydrogens is 266 g/mol. The molecule has 0 saturated heterocycles. The zero-order chi connectivity index (χ0) is 15.1. The zero-order valence-corrected chi connectivity index (χ0v) is 12.4. The van der Waals surface area contributed by atoms with E-state index < -0.39 is 0 Å². The van der Waals surface area contributed by atoms with Gasteiger partial charge in [0.05, 0.1) is 12.5 Å². The molecule has 6 nitrogen and oxygen atoms in total. The summed E-state index contributed by atoms with van der Waals surface area (Å²) in [6.45, 7) is 5.40. The van der Waals surface area contributed by atoms with Crippen LogP contribution in [-0.2, 0) is 0 Å². The zero-order valence-electron chi connectivity index (χ0n) is 12.4. The number of nitrogens with two attached hydrogens (primary N) is 1. The number of hydrogen-bond acceptors (Lipinski definition) is 4. The summed E-state index contributed by atoms with van der Waals surface area (Å²) >= 11 is 0. The SMILES string of the molecule is CCCNC(N)=NCC(C)c1nc(-c2ccccc2)no1. The molecule has 2 aromatic rings. The lowest BCUT2D eigenvalue weighted by atomic mass is 10.2. The van der Waals surface area contributed by atoms with Gasteiger partial charge in [-0.3, -0.25) is 4.99 Å². The summed E-state index contributed by atoms with van der Waals surface area (Å²) in [6, 6.07) is 9.74. The average Bonchev–Trinajstić information content (AvgIpc) is 3.01. The van der Waals surface area contributed by atoms with Gasteiger partial charge in [-0.1, -0.05) is 49.3 Å². The number of nitrogens with zero attached hydrogens (tertiary/aromatic N) is 3. The van der Waals surface area contributed by atoms with E-state index in [0.717, 1.165) is 18.5 Å². The van der Waals surface area contributed by atoms with Crippen LogP contribution < -0.4 is 11.1 Å². The van der Waals surface area contributed by atoms with Gasteiger partial charge in [-0.2, -0.15) is 4.98 Å². The van der Waals surface area contributed by atoms with E-state index in [9.17, 15) is 0 Å². The average molecular weight is 287 g/mol. The fourth-order valence-electron chi connectivity index (χ4n) is 1.76. The van der Waals surface area contributed by atoms with Gasteiger partial charge in [0.2, 0.25) is 11.7 Å². The van der Waals surface area contributed by atoms with Crippen molar-refractivity contribution in [3.63, 3.8) is 0 Å². The molecule has 0 bridgehead atoms. The van der Waals surface area contributed by atoms with Crippen molar-refractivity contribution in [3.8, 4) is 11.4 Å². The molecule has 0 spiro atoms. The Hall–Kier alpha value is -2.37. The summed E-state index contributed by atoms with van der Waals surface area (Å²) in [6.07, 6.45) is 1.01. The summed E-state index contributed by atoms with van der Waals surface area (Å²) in [5.74, 6) is 1.64. The molecule has 2 rings (SSSR count). The standard InChI is InChI=1S/C15H21N5O/c1-3-9-17-15(16)18-10-11(2)14-19-13(20-21-14)12-7-5-4-6-8-12/h4-8,11H,3,9-10H2,1-2H3,(H3,16,17,18). The van der Waals surface area contributed by atoms with Crippen molar-refractivity contribution < 1.29 is 4.52 Å². The largest absolute Gasteiger partial charge is 0.370 e.